The Balaban J connectivity index is 1.94. The second kappa shape index (κ2) is 5.54. The first kappa shape index (κ1) is 13.6. The predicted molar refractivity (Wildman–Crippen MR) is 83.4 cm³/mol. The Bertz CT molecular complexity index is 809. The average Bonchev–Trinajstić information content (AvgIpc) is 2.69. The van der Waals surface area contributed by atoms with E-state index in [0.29, 0.717) is 12.2 Å². The van der Waals surface area contributed by atoms with Crippen LogP contribution in [0.15, 0.2) is 70.3 Å². The van der Waals surface area contributed by atoms with E-state index in [1.54, 1.807) is 42.6 Å². The fourth-order valence-corrected chi connectivity index (χ4v) is 3.16. The summed E-state index contributed by atoms with van der Waals surface area (Å²) in [5.41, 5.74) is 2.09. The number of nitrogens with zero attached hydrogens (tertiary/aromatic N) is 1. The minimum absolute atomic E-state index is 0.221. The van der Waals surface area contributed by atoms with Gasteiger partial charge in [0.25, 0.3) is 10.0 Å². The number of rotatable bonds is 3. The van der Waals surface area contributed by atoms with E-state index in [4.69, 9.17) is 0 Å². The zero-order valence-electron chi connectivity index (χ0n) is 11.2. The van der Waals surface area contributed by atoms with Crippen LogP contribution >= 0.6 is 0 Å². The molecule has 0 aromatic heterocycles. The summed E-state index contributed by atoms with van der Waals surface area (Å²) < 4.78 is 27.1. The van der Waals surface area contributed by atoms with E-state index in [2.05, 4.69) is 9.71 Å². The first-order chi connectivity index (χ1) is 10.1. The van der Waals surface area contributed by atoms with Crippen LogP contribution < -0.4 is 4.72 Å². The van der Waals surface area contributed by atoms with Crippen molar-refractivity contribution in [1.82, 2.24) is 4.72 Å². The number of fused-ring (bicyclic) bond motifs is 1. The lowest BCUT2D eigenvalue weighted by Gasteiger charge is -2.08. The average molecular weight is 298 g/mol. The van der Waals surface area contributed by atoms with Crippen molar-refractivity contribution in [2.24, 2.45) is 4.99 Å². The van der Waals surface area contributed by atoms with Gasteiger partial charge in [-0.2, -0.15) is 0 Å². The van der Waals surface area contributed by atoms with Crippen LogP contribution in [0.3, 0.4) is 0 Å². The van der Waals surface area contributed by atoms with Crippen molar-refractivity contribution in [2.45, 2.75) is 11.3 Å². The summed E-state index contributed by atoms with van der Waals surface area (Å²) in [6, 6.07) is 16.1. The molecule has 0 radical (unpaired) electrons. The molecule has 4 nitrogen and oxygen atoms in total. The van der Waals surface area contributed by atoms with E-state index in [-0.39, 0.29) is 4.90 Å². The Morgan fingerprint density at radius 1 is 0.952 bits per heavy atom. The number of sulfonamides is 1. The maximum atomic E-state index is 12.3. The Morgan fingerprint density at radius 3 is 2.48 bits per heavy atom. The molecule has 5 heteroatoms. The van der Waals surface area contributed by atoms with E-state index in [0.717, 1.165) is 11.1 Å². The second-order valence-electron chi connectivity index (χ2n) is 4.66. The molecular weight excluding hydrogens is 284 g/mol. The lowest BCUT2D eigenvalue weighted by molar-refractivity contribution is 0.588. The zero-order valence-corrected chi connectivity index (χ0v) is 12.0. The molecule has 0 bridgehead atoms. The third-order valence-corrected chi connectivity index (χ3v) is 4.55. The molecule has 0 saturated heterocycles. The summed E-state index contributed by atoms with van der Waals surface area (Å²) >= 11 is 0. The van der Waals surface area contributed by atoms with Gasteiger partial charge in [-0.25, -0.2) is 13.4 Å². The molecule has 0 saturated carbocycles. The first-order valence-electron chi connectivity index (χ1n) is 6.55. The molecule has 0 aliphatic carbocycles. The van der Waals surface area contributed by atoms with Crippen molar-refractivity contribution in [1.29, 1.82) is 0 Å². The van der Waals surface area contributed by atoms with Crippen molar-refractivity contribution in [2.75, 3.05) is 0 Å². The third kappa shape index (κ3) is 3.03. The second-order valence-corrected chi connectivity index (χ2v) is 6.35. The summed E-state index contributed by atoms with van der Waals surface area (Å²) in [5.74, 6) is 0.323. The van der Waals surface area contributed by atoms with Gasteiger partial charge in [0.15, 0.2) is 0 Å². The number of hydrogen-bond acceptors (Lipinski definition) is 3. The summed E-state index contributed by atoms with van der Waals surface area (Å²) in [4.78, 5) is 4.42. The van der Waals surface area contributed by atoms with Crippen molar-refractivity contribution in [3.05, 3.63) is 71.5 Å². The van der Waals surface area contributed by atoms with Crippen LogP contribution in [0.5, 0.6) is 0 Å². The van der Waals surface area contributed by atoms with Gasteiger partial charge in [-0.15, -0.1) is 0 Å². The highest BCUT2D eigenvalue weighted by atomic mass is 32.2. The fourth-order valence-electron chi connectivity index (χ4n) is 2.14. The molecule has 1 heterocycles. The number of nitrogens with one attached hydrogen (secondary N) is 1. The molecule has 0 fully saturated rings. The van der Waals surface area contributed by atoms with Crippen molar-refractivity contribution >= 4 is 22.3 Å². The van der Waals surface area contributed by atoms with Gasteiger partial charge in [0.2, 0.25) is 0 Å². The van der Waals surface area contributed by atoms with Gasteiger partial charge >= 0.3 is 0 Å². The highest BCUT2D eigenvalue weighted by molar-refractivity contribution is 7.89. The molecule has 2 aromatic rings. The van der Waals surface area contributed by atoms with E-state index in [1.165, 1.54) is 0 Å². The van der Waals surface area contributed by atoms with Gasteiger partial charge in [-0.05, 0) is 29.3 Å². The van der Waals surface area contributed by atoms with Gasteiger partial charge in [0, 0.05) is 12.6 Å². The van der Waals surface area contributed by atoms with Crippen molar-refractivity contribution in [3.8, 4) is 0 Å². The van der Waals surface area contributed by atoms with Gasteiger partial charge < -0.3 is 0 Å². The van der Waals surface area contributed by atoms with Crippen LogP contribution in [0.1, 0.15) is 11.1 Å². The monoisotopic (exact) mass is 298 g/mol. The van der Waals surface area contributed by atoms with Crippen LogP contribution in [0, 0.1) is 0 Å². The normalized spacial score (nSPS) is 14.0. The Morgan fingerprint density at radius 2 is 1.67 bits per heavy atom. The third-order valence-electron chi connectivity index (χ3n) is 3.18. The molecule has 0 unspecified atom stereocenters. The number of hydrogen-bond donors (Lipinski definition) is 1. The van der Waals surface area contributed by atoms with E-state index >= 15 is 0 Å². The predicted octanol–water partition coefficient (Wildman–Crippen LogP) is 2.59. The number of benzene rings is 2. The molecule has 21 heavy (non-hydrogen) atoms. The molecule has 2 aromatic carbocycles. The Hall–Kier alpha value is -2.40. The SMILES string of the molecule is O=S(=O)(NC1=Cc2ccccc2CC=N1)c1ccccc1. The zero-order chi connectivity index (χ0) is 14.7. The van der Waals surface area contributed by atoms with Crippen LogP contribution in [0.2, 0.25) is 0 Å². The minimum Gasteiger partial charge on any atom is -0.263 e. The van der Waals surface area contributed by atoms with Gasteiger partial charge in [0.1, 0.15) is 5.82 Å². The highest BCUT2D eigenvalue weighted by Crippen LogP contribution is 2.17. The molecule has 0 amide bonds. The van der Waals surface area contributed by atoms with Crippen LogP contribution in [-0.2, 0) is 16.4 Å². The summed E-state index contributed by atoms with van der Waals surface area (Å²) in [6.07, 6.45) is 4.15. The molecule has 0 atom stereocenters. The molecule has 1 aliphatic rings. The molecule has 106 valence electrons. The first-order valence-corrected chi connectivity index (χ1v) is 8.03. The van der Waals surface area contributed by atoms with Crippen molar-refractivity contribution < 1.29 is 8.42 Å². The summed E-state index contributed by atoms with van der Waals surface area (Å²) in [7, 11) is -3.61. The Labute approximate surface area is 123 Å². The smallest absolute Gasteiger partial charge is 0.263 e. The van der Waals surface area contributed by atoms with Crippen LogP contribution in [0.25, 0.3) is 6.08 Å². The van der Waals surface area contributed by atoms with E-state index < -0.39 is 10.0 Å². The quantitative estimate of drug-likeness (QED) is 0.947. The molecule has 3 rings (SSSR count). The van der Waals surface area contributed by atoms with E-state index in [1.807, 2.05) is 24.3 Å². The van der Waals surface area contributed by atoms with Gasteiger partial charge in [-0.3, -0.25) is 4.72 Å². The molecular formula is C16H14N2O2S. The Kier molecular flexibility index (Phi) is 3.58. The van der Waals surface area contributed by atoms with Crippen LogP contribution in [-0.4, -0.2) is 14.6 Å². The van der Waals surface area contributed by atoms with Crippen molar-refractivity contribution in [3.63, 3.8) is 0 Å². The standard InChI is InChI=1S/C16H14N2O2S/c19-21(20,15-8-2-1-3-9-15)18-16-12-14-7-5-4-6-13(14)10-11-17-16/h1-9,11-12,18H,10H2. The minimum atomic E-state index is -3.61. The molecule has 1 aliphatic heterocycles. The fraction of sp³-hybridized carbons (Fsp3) is 0.0625. The maximum Gasteiger partial charge on any atom is 0.263 e. The van der Waals surface area contributed by atoms with Crippen LogP contribution in [0.4, 0.5) is 0 Å². The van der Waals surface area contributed by atoms with E-state index in [9.17, 15) is 8.42 Å². The molecule has 0 spiro atoms. The summed E-state index contributed by atoms with van der Waals surface area (Å²) in [6.45, 7) is 0. The van der Waals surface area contributed by atoms with Gasteiger partial charge in [-0.1, -0.05) is 42.5 Å². The van der Waals surface area contributed by atoms with Gasteiger partial charge in [0.05, 0.1) is 4.90 Å². The summed E-state index contributed by atoms with van der Waals surface area (Å²) in [5, 5.41) is 0. The topological polar surface area (TPSA) is 58.5 Å². The highest BCUT2D eigenvalue weighted by Gasteiger charge is 2.15. The number of aliphatic imine (C=N–C) groups is 1. The lowest BCUT2D eigenvalue weighted by Crippen LogP contribution is -2.22. The maximum absolute atomic E-state index is 12.3. The molecule has 1 N–H and O–H groups in total. The largest absolute Gasteiger partial charge is 0.263 e. The lowest BCUT2D eigenvalue weighted by atomic mass is 10.1.